The van der Waals surface area contributed by atoms with Crippen molar-refractivity contribution < 1.29 is 0 Å². The average molecular weight is 239 g/mol. The standard InChI is InChI=1S/C17H21N/c1-4-17(16-13-9-8-10-14(16)2)18(3)15-11-6-5-7-12-15/h4-8,10-12,16-17H,1-2,9,13H2,3H3. The molecule has 18 heavy (non-hydrogen) atoms. The molecule has 0 aromatic heterocycles. The molecule has 1 nitrogen and oxygen atoms in total. The van der Waals surface area contributed by atoms with Crippen molar-refractivity contribution in [1.29, 1.82) is 0 Å². The number of hydrogen-bond donors (Lipinski definition) is 0. The second-order valence-electron chi connectivity index (χ2n) is 4.83. The van der Waals surface area contributed by atoms with E-state index in [0.717, 1.165) is 12.8 Å². The van der Waals surface area contributed by atoms with E-state index in [2.05, 4.69) is 61.5 Å². The van der Waals surface area contributed by atoms with Crippen molar-refractivity contribution >= 4 is 5.69 Å². The number of hydrogen-bond acceptors (Lipinski definition) is 1. The molecule has 2 rings (SSSR count). The largest absolute Gasteiger partial charge is 0.368 e. The van der Waals surface area contributed by atoms with Gasteiger partial charge in [0.1, 0.15) is 0 Å². The summed E-state index contributed by atoms with van der Waals surface area (Å²) in [5.41, 5.74) is 2.44. The van der Waals surface area contributed by atoms with Crippen molar-refractivity contribution in [3.05, 3.63) is 67.3 Å². The third-order valence-corrected chi connectivity index (χ3v) is 3.72. The predicted octanol–water partition coefficient (Wildman–Crippen LogP) is 4.20. The molecule has 1 heteroatoms. The first-order chi connectivity index (χ1) is 8.74. The molecule has 2 unspecified atom stereocenters. The molecule has 2 atom stereocenters. The lowest BCUT2D eigenvalue weighted by atomic mass is 9.83. The Balaban J connectivity index is 2.21. The Morgan fingerprint density at radius 3 is 2.67 bits per heavy atom. The highest BCUT2D eigenvalue weighted by molar-refractivity contribution is 5.48. The van der Waals surface area contributed by atoms with Crippen LogP contribution in [0.15, 0.2) is 67.3 Å². The van der Waals surface area contributed by atoms with Gasteiger partial charge in [-0.05, 0) is 25.0 Å². The monoisotopic (exact) mass is 239 g/mol. The number of benzene rings is 1. The van der Waals surface area contributed by atoms with Crippen molar-refractivity contribution in [2.75, 3.05) is 11.9 Å². The molecule has 0 radical (unpaired) electrons. The lowest BCUT2D eigenvalue weighted by molar-refractivity contribution is 0.493. The van der Waals surface area contributed by atoms with E-state index in [0.29, 0.717) is 12.0 Å². The Labute approximate surface area is 110 Å². The maximum Gasteiger partial charge on any atom is 0.0535 e. The highest BCUT2D eigenvalue weighted by Gasteiger charge is 2.25. The van der Waals surface area contributed by atoms with Gasteiger partial charge in [0.25, 0.3) is 0 Å². The van der Waals surface area contributed by atoms with Crippen LogP contribution >= 0.6 is 0 Å². The highest BCUT2D eigenvalue weighted by Crippen LogP contribution is 2.30. The number of likely N-dealkylation sites (N-methyl/N-ethyl adjacent to an activating group) is 1. The molecule has 1 aromatic carbocycles. The summed E-state index contributed by atoms with van der Waals surface area (Å²) in [6.45, 7) is 8.19. The van der Waals surface area contributed by atoms with Crippen LogP contribution in [-0.2, 0) is 0 Å². The topological polar surface area (TPSA) is 3.24 Å². The maximum absolute atomic E-state index is 4.18. The summed E-state index contributed by atoms with van der Waals surface area (Å²) in [5.74, 6) is 0.470. The van der Waals surface area contributed by atoms with Crippen LogP contribution in [0.2, 0.25) is 0 Å². The summed E-state index contributed by atoms with van der Waals surface area (Å²) in [6.07, 6.45) is 8.70. The Kier molecular flexibility index (Phi) is 4.03. The van der Waals surface area contributed by atoms with Crippen LogP contribution < -0.4 is 4.90 Å². The zero-order valence-corrected chi connectivity index (χ0v) is 11.0. The van der Waals surface area contributed by atoms with Gasteiger partial charge in [0.05, 0.1) is 6.04 Å². The zero-order chi connectivity index (χ0) is 13.0. The van der Waals surface area contributed by atoms with Gasteiger partial charge in [0, 0.05) is 18.7 Å². The third-order valence-electron chi connectivity index (χ3n) is 3.72. The minimum Gasteiger partial charge on any atom is -0.368 e. The number of allylic oxidation sites excluding steroid dienone is 2. The molecule has 0 spiro atoms. The fourth-order valence-corrected chi connectivity index (χ4v) is 2.64. The third kappa shape index (κ3) is 2.56. The lowest BCUT2D eigenvalue weighted by Crippen LogP contribution is -2.37. The predicted molar refractivity (Wildman–Crippen MR) is 79.8 cm³/mol. The summed E-state index contributed by atoms with van der Waals surface area (Å²) in [5, 5.41) is 0. The first-order valence-electron chi connectivity index (χ1n) is 6.50. The second kappa shape index (κ2) is 5.72. The normalized spacial score (nSPS) is 20.5. The molecular formula is C17H21N. The molecule has 1 aliphatic rings. The van der Waals surface area contributed by atoms with Crippen LogP contribution in [-0.4, -0.2) is 13.1 Å². The molecule has 0 saturated heterocycles. The first kappa shape index (κ1) is 12.7. The number of nitrogens with zero attached hydrogens (tertiary/aromatic N) is 1. The lowest BCUT2D eigenvalue weighted by Gasteiger charge is -2.35. The van der Waals surface area contributed by atoms with E-state index in [1.165, 1.54) is 11.3 Å². The van der Waals surface area contributed by atoms with E-state index < -0.39 is 0 Å². The van der Waals surface area contributed by atoms with Gasteiger partial charge in [-0.25, -0.2) is 0 Å². The maximum atomic E-state index is 4.18. The minimum absolute atomic E-state index is 0.310. The SMILES string of the molecule is C=CC(C1CCC=CC1=C)N(C)c1ccccc1. The van der Waals surface area contributed by atoms with E-state index in [1.807, 2.05) is 12.1 Å². The summed E-state index contributed by atoms with van der Waals surface area (Å²) in [7, 11) is 2.13. The van der Waals surface area contributed by atoms with Gasteiger partial charge < -0.3 is 4.90 Å². The molecule has 0 fully saturated rings. The molecule has 0 N–H and O–H groups in total. The number of rotatable bonds is 4. The van der Waals surface area contributed by atoms with Crippen molar-refractivity contribution in [1.82, 2.24) is 0 Å². The van der Waals surface area contributed by atoms with Crippen molar-refractivity contribution in [3.63, 3.8) is 0 Å². The van der Waals surface area contributed by atoms with Crippen LogP contribution in [0.25, 0.3) is 0 Å². The molecule has 0 heterocycles. The van der Waals surface area contributed by atoms with Gasteiger partial charge in [0.15, 0.2) is 0 Å². The molecule has 1 aliphatic carbocycles. The van der Waals surface area contributed by atoms with Crippen molar-refractivity contribution in [2.45, 2.75) is 18.9 Å². The summed E-state index contributed by atoms with van der Waals surface area (Å²) in [6, 6.07) is 10.8. The summed E-state index contributed by atoms with van der Waals surface area (Å²) >= 11 is 0. The van der Waals surface area contributed by atoms with Crippen LogP contribution in [0.3, 0.4) is 0 Å². The second-order valence-corrected chi connectivity index (χ2v) is 4.83. The van der Waals surface area contributed by atoms with E-state index in [1.54, 1.807) is 0 Å². The summed E-state index contributed by atoms with van der Waals surface area (Å²) in [4.78, 5) is 2.29. The highest BCUT2D eigenvalue weighted by atomic mass is 15.1. The Morgan fingerprint density at radius 1 is 1.33 bits per heavy atom. The Hall–Kier alpha value is -1.76. The molecule has 0 bridgehead atoms. The fraction of sp³-hybridized carbons (Fsp3) is 0.294. The average Bonchev–Trinajstić information content (AvgIpc) is 2.42. The van der Waals surface area contributed by atoms with Gasteiger partial charge in [-0.2, -0.15) is 0 Å². The van der Waals surface area contributed by atoms with Gasteiger partial charge in [-0.3, -0.25) is 0 Å². The van der Waals surface area contributed by atoms with E-state index >= 15 is 0 Å². The molecule has 0 aliphatic heterocycles. The van der Waals surface area contributed by atoms with Crippen LogP contribution in [0.5, 0.6) is 0 Å². The smallest absolute Gasteiger partial charge is 0.0535 e. The van der Waals surface area contributed by atoms with Gasteiger partial charge in [-0.15, -0.1) is 6.58 Å². The van der Waals surface area contributed by atoms with Crippen LogP contribution in [0.4, 0.5) is 5.69 Å². The van der Waals surface area contributed by atoms with Crippen molar-refractivity contribution in [2.24, 2.45) is 5.92 Å². The molecule has 0 saturated carbocycles. The van der Waals surface area contributed by atoms with Gasteiger partial charge >= 0.3 is 0 Å². The van der Waals surface area contributed by atoms with Gasteiger partial charge in [-0.1, -0.05) is 48.6 Å². The van der Waals surface area contributed by atoms with Crippen LogP contribution in [0, 0.1) is 5.92 Å². The molecule has 1 aromatic rings. The summed E-state index contributed by atoms with van der Waals surface area (Å²) < 4.78 is 0. The van der Waals surface area contributed by atoms with E-state index in [-0.39, 0.29) is 0 Å². The number of anilines is 1. The molecule has 94 valence electrons. The first-order valence-corrected chi connectivity index (χ1v) is 6.50. The molecular weight excluding hydrogens is 218 g/mol. The number of para-hydroxylation sites is 1. The fourth-order valence-electron chi connectivity index (χ4n) is 2.64. The van der Waals surface area contributed by atoms with Crippen molar-refractivity contribution in [3.8, 4) is 0 Å². The molecule has 0 amide bonds. The van der Waals surface area contributed by atoms with E-state index in [9.17, 15) is 0 Å². The Morgan fingerprint density at radius 2 is 2.06 bits per heavy atom. The van der Waals surface area contributed by atoms with Gasteiger partial charge in [0.2, 0.25) is 0 Å². The Bertz CT molecular complexity index is 444. The van der Waals surface area contributed by atoms with E-state index in [4.69, 9.17) is 0 Å². The quantitative estimate of drug-likeness (QED) is 0.712. The minimum atomic E-state index is 0.310. The van der Waals surface area contributed by atoms with Crippen LogP contribution in [0.1, 0.15) is 12.8 Å². The zero-order valence-electron chi connectivity index (χ0n) is 11.0.